The van der Waals surface area contributed by atoms with Crippen LogP contribution in [-0.2, 0) is 7.05 Å². The topological polar surface area (TPSA) is 43.8 Å². The van der Waals surface area contributed by atoms with Gasteiger partial charge in [0, 0.05) is 24.9 Å². The quantitative estimate of drug-likeness (QED) is 0.810. The van der Waals surface area contributed by atoms with E-state index >= 15 is 0 Å². The number of fused-ring (bicyclic) bond motifs is 1. The summed E-state index contributed by atoms with van der Waals surface area (Å²) in [6, 6.07) is 6.29. The summed E-state index contributed by atoms with van der Waals surface area (Å²) in [5.41, 5.74) is 9.28. The van der Waals surface area contributed by atoms with Gasteiger partial charge in [0.25, 0.3) is 0 Å². The van der Waals surface area contributed by atoms with Gasteiger partial charge in [0.1, 0.15) is 0 Å². The third-order valence-corrected chi connectivity index (χ3v) is 2.93. The number of nitrogens with zero attached hydrogens (tertiary/aromatic N) is 2. The summed E-state index contributed by atoms with van der Waals surface area (Å²) in [4.78, 5) is 0. The highest BCUT2D eigenvalue weighted by molar-refractivity contribution is 5.85. The monoisotopic (exact) mass is 203 g/mol. The zero-order valence-electron chi connectivity index (χ0n) is 9.49. The standard InChI is InChI=1S/C12H17N3/c1-8-5-4-6-10-11(8)12(9(2)7-13)14-15(10)3/h4-6,9H,7,13H2,1-3H3. The molecule has 0 aliphatic rings. The first kappa shape index (κ1) is 10.2. The lowest BCUT2D eigenvalue weighted by Crippen LogP contribution is -2.10. The third kappa shape index (κ3) is 1.53. The molecule has 1 atom stereocenters. The molecule has 0 spiro atoms. The molecular weight excluding hydrogens is 186 g/mol. The average Bonchev–Trinajstić information content (AvgIpc) is 2.57. The zero-order valence-corrected chi connectivity index (χ0v) is 9.49. The average molecular weight is 203 g/mol. The third-order valence-electron chi connectivity index (χ3n) is 2.93. The zero-order chi connectivity index (χ0) is 11.0. The van der Waals surface area contributed by atoms with Crippen LogP contribution in [0.5, 0.6) is 0 Å². The van der Waals surface area contributed by atoms with Gasteiger partial charge in [0.15, 0.2) is 0 Å². The molecular formula is C12H17N3. The first-order valence-corrected chi connectivity index (χ1v) is 5.27. The number of aryl methyl sites for hydroxylation is 2. The minimum absolute atomic E-state index is 0.315. The van der Waals surface area contributed by atoms with Crippen LogP contribution in [-0.4, -0.2) is 16.3 Å². The lowest BCUT2D eigenvalue weighted by atomic mass is 10.0. The first-order chi connectivity index (χ1) is 7.15. The van der Waals surface area contributed by atoms with E-state index in [9.17, 15) is 0 Å². The molecule has 1 heterocycles. The van der Waals surface area contributed by atoms with Crippen molar-refractivity contribution >= 4 is 10.9 Å². The van der Waals surface area contributed by atoms with Crippen LogP contribution in [0.2, 0.25) is 0 Å². The Morgan fingerprint density at radius 1 is 1.47 bits per heavy atom. The van der Waals surface area contributed by atoms with E-state index in [0.717, 1.165) is 5.69 Å². The Morgan fingerprint density at radius 3 is 2.87 bits per heavy atom. The molecule has 2 N–H and O–H groups in total. The van der Waals surface area contributed by atoms with Crippen LogP contribution in [0.4, 0.5) is 0 Å². The van der Waals surface area contributed by atoms with Crippen LogP contribution in [0, 0.1) is 6.92 Å². The van der Waals surface area contributed by atoms with Gasteiger partial charge in [-0.05, 0) is 18.6 Å². The molecule has 0 fully saturated rings. The van der Waals surface area contributed by atoms with Gasteiger partial charge in [-0.3, -0.25) is 4.68 Å². The van der Waals surface area contributed by atoms with E-state index in [-0.39, 0.29) is 0 Å². The van der Waals surface area contributed by atoms with Gasteiger partial charge in [-0.25, -0.2) is 0 Å². The van der Waals surface area contributed by atoms with E-state index < -0.39 is 0 Å². The number of aromatic nitrogens is 2. The summed E-state index contributed by atoms with van der Waals surface area (Å²) in [5.74, 6) is 0.315. The normalized spacial score (nSPS) is 13.3. The van der Waals surface area contributed by atoms with Crippen LogP contribution < -0.4 is 5.73 Å². The van der Waals surface area contributed by atoms with Gasteiger partial charge >= 0.3 is 0 Å². The molecule has 0 amide bonds. The SMILES string of the molecule is Cc1cccc2c1c(C(C)CN)nn2C. The van der Waals surface area contributed by atoms with Crippen LogP contribution >= 0.6 is 0 Å². The summed E-state index contributed by atoms with van der Waals surface area (Å²) in [5, 5.41) is 5.82. The fourth-order valence-corrected chi connectivity index (χ4v) is 1.98. The molecule has 2 rings (SSSR count). The van der Waals surface area contributed by atoms with Gasteiger partial charge < -0.3 is 5.73 Å². The van der Waals surface area contributed by atoms with Crippen LogP contribution in [0.1, 0.15) is 24.1 Å². The molecule has 3 heteroatoms. The predicted octanol–water partition coefficient (Wildman–Crippen LogP) is 1.94. The highest BCUT2D eigenvalue weighted by Gasteiger charge is 2.14. The van der Waals surface area contributed by atoms with Crippen molar-refractivity contribution in [1.29, 1.82) is 0 Å². The molecule has 3 nitrogen and oxygen atoms in total. The van der Waals surface area contributed by atoms with Crippen molar-refractivity contribution in [3.05, 3.63) is 29.5 Å². The molecule has 1 aromatic heterocycles. The van der Waals surface area contributed by atoms with Crippen LogP contribution in [0.25, 0.3) is 10.9 Å². The Labute approximate surface area is 89.9 Å². The summed E-state index contributed by atoms with van der Waals surface area (Å²) in [6.45, 7) is 4.88. The van der Waals surface area contributed by atoms with Gasteiger partial charge in [-0.2, -0.15) is 5.10 Å². The van der Waals surface area contributed by atoms with E-state index in [1.807, 2.05) is 11.7 Å². The Morgan fingerprint density at radius 2 is 2.20 bits per heavy atom. The number of hydrogen-bond acceptors (Lipinski definition) is 2. The molecule has 0 saturated carbocycles. The van der Waals surface area contributed by atoms with Crippen molar-refractivity contribution < 1.29 is 0 Å². The second-order valence-corrected chi connectivity index (χ2v) is 4.11. The second-order valence-electron chi connectivity index (χ2n) is 4.11. The van der Waals surface area contributed by atoms with Crippen molar-refractivity contribution in [1.82, 2.24) is 9.78 Å². The molecule has 2 aromatic rings. The van der Waals surface area contributed by atoms with Gasteiger partial charge in [-0.15, -0.1) is 0 Å². The predicted molar refractivity (Wildman–Crippen MR) is 62.9 cm³/mol. The second kappa shape index (κ2) is 3.66. The Kier molecular flexibility index (Phi) is 2.49. The molecule has 0 radical (unpaired) electrons. The van der Waals surface area contributed by atoms with Gasteiger partial charge in [0.2, 0.25) is 0 Å². The van der Waals surface area contributed by atoms with Crippen LogP contribution in [0.3, 0.4) is 0 Å². The number of benzene rings is 1. The number of rotatable bonds is 2. The first-order valence-electron chi connectivity index (χ1n) is 5.27. The van der Waals surface area contributed by atoms with E-state index in [1.54, 1.807) is 0 Å². The molecule has 1 unspecified atom stereocenters. The summed E-state index contributed by atoms with van der Waals surface area (Å²) >= 11 is 0. The maximum absolute atomic E-state index is 5.71. The van der Waals surface area contributed by atoms with Crippen molar-refractivity contribution in [3.8, 4) is 0 Å². The minimum atomic E-state index is 0.315. The van der Waals surface area contributed by atoms with Crippen molar-refractivity contribution in [2.45, 2.75) is 19.8 Å². The van der Waals surface area contributed by atoms with E-state index in [4.69, 9.17) is 5.73 Å². The molecule has 0 bridgehead atoms. The van der Waals surface area contributed by atoms with Crippen molar-refractivity contribution in [3.63, 3.8) is 0 Å². The Bertz CT molecular complexity index is 485. The van der Waals surface area contributed by atoms with E-state index in [1.165, 1.54) is 16.5 Å². The summed E-state index contributed by atoms with van der Waals surface area (Å²) < 4.78 is 1.93. The lowest BCUT2D eigenvalue weighted by molar-refractivity contribution is 0.697. The molecule has 0 saturated heterocycles. The van der Waals surface area contributed by atoms with Gasteiger partial charge in [0.05, 0.1) is 11.2 Å². The van der Waals surface area contributed by atoms with Crippen molar-refractivity contribution in [2.75, 3.05) is 6.54 Å². The highest BCUT2D eigenvalue weighted by Crippen LogP contribution is 2.26. The maximum atomic E-state index is 5.71. The largest absolute Gasteiger partial charge is 0.330 e. The molecule has 1 aromatic carbocycles. The summed E-state index contributed by atoms with van der Waals surface area (Å²) in [6.07, 6.45) is 0. The van der Waals surface area contributed by atoms with Crippen LogP contribution in [0.15, 0.2) is 18.2 Å². The lowest BCUT2D eigenvalue weighted by Gasteiger charge is -2.05. The van der Waals surface area contributed by atoms with Gasteiger partial charge in [-0.1, -0.05) is 19.1 Å². The highest BCUT2D eigenvalue weighted by atomic mass is 15.3. The summed E-state index contributed by atoms with van der Waals surface area (Å²) in [7, 11) is 1.98. The van der Waals surface area contributed by atoms with Crippen molar-refractivity contribution in [2.24, 2.45) is 12.8 Å². The smallest absolute Gasteiger partial charge is 0.0746 e. The Balaban J connectivity index is 2.75. The molecule has 15 heavy (non-hydrogen) atoms. The minimum Gasteiger partial charge on any atom is -0.330 e. The molecule has 80 valence electrons. The fourth-order valence-electron chi connectivity index (χ4n) is 1.98. The molecule has 0 aliphatic carbocycles. The fraction of sp³-hybridized carbons (Fsp3) is 0.417. The number of hydrogen-bond donors (Lipinski definition) is 1. The van der Waals surface area contributed by atoms with E-state index in [0.29, 0.717) is 12.5 Å². The number of nitrogens with two attached hydrogens (primary N) is 1. The van der Waals surface area contributed by atoms with E-state index in [2.05, 4.69) is 37.1 Å². The molecule has 0 aliphatic heterocycles. The Hall–Kier alpha value is -1.35. The maximum Gasteiger partial charge on any atom is 0.0746 e.